The van der Waals surface area contributed by atoms with E-state index < -0.39 is 0 Å². The zero-order valence-corrected chi connectivity index (χ0v) is 17.5. The first kappa shape index (κ1) is 21.6. The Morgan fingerprint density at radius 2 is 1.94 bits per heavy atom. The minimum absolute atomic E-state index is 0.0556. The number of aliphatic hydroxyl groups is 2. The van der Waals surface area contributed by atoms with Gasteiger partial charge in [-0.05, 0) is 25.0 Å². The second kappa shape index (κ2) is 9.27. The molecule has 0 amide bonds. The average molecular weight is 437 g/mol. The van der Waals surface area contributed by atoms with Crippen LogP contribution in [0.2, 0.25) is 0 Å². The minimum atomic E-state index is -0.125. The Balaban J connectivity index is 0.000000567. The second-order valence-electron chi connectivity index (χ2n) is 7.31. The summed E-state index contributed by atoms with van der Waals surface area (Å²) in [4.78, 5) is 26.4. The summed E-state index contributed by atoms with van der Waals surface area (Å²) in [6.07, 6.45) is 6.61. The maximum absolute atomic E-state index is 12.8. The fraction of sp³-hybridized carbons (Fsp3) is 0.381. The molecule has 4 aromatic heterocycles. The lowest BCUT2D eigenvalue weighted by Gasteiger charge is -2.22. The van der Waals surface area contributed by atoms with E-state index in [9.17, 15) is 10.1 Å². The predicted octanol–water partition coefficient (Wildman–Crippen LogP) is 0.639. The lowest BCUT2D eigenvalue weighted by atomic mass is 10.1. The molecule has 1 aliphatic rings. The summed E-state index contributed by atoms with van der Waals surface area (Å²) >= 11 is 0. The van der Waals surface area contributed by atoms with Crippen LogP contribution < -0.4 is 5.69 Å². The summed E-state index contributed by atoms with van der Waals surface area (Å²) in [6.45, 7) is 1.02. The highest BCUT2D eigenvalue weighted by Gasteiger charge is 2.23. The Hall–Kier alpha value is -3.59. The summed E-state index contributed by atoms with van der Waals surface area (Å²) in [5, 5.41) is 24.4. The molecule has 5 heterocycles. The first-order valence-corrected chi connectivity index (χ1v) is 10.2. The Morgan fingerprint density at radius 1 is 1.19 bits per heavy atom. The molecule has 32 heavy (non-hydrogen) atoms. The number of aryl methyl sites for hydroxylation is 1. The third-order valence-electron chi connectivity index (χ3n) is 5.35. The largest absolute Gasteiger partial charge is 0.394 e. The van der Waals surface area contributed by atoms with Crippen LogP contribution in [0.5, 0.6) is 0 Å². The third kappa shape index (κ3) is 3.87. The standard InChI is InChI=1S/C19H17N7O2.C2H6O2/c1-24-15-10-22-17(14-9-21-16-3-2-12(8-20)11-25(14)16)23-18(15)26(19(24)27)13-4-6-28-7-5-13;3-1-2-4/h2-3,9-11,13H,4-7H2,1H3;3-4H,1-2H2. The van der Waals surface area contributed by atoms with Crippen LogP contribution in [0.15, 0.2) is 35.5 Å². The van der Waals surface area contributed by atoms with Gasteiger partial charge in [-0.3, -0.25) is 13.5 Å². The van der Waals surface area contributed by atoms with Gasteiger partial charge in [0.1, 0.15) is 22.9 Å². The first-order chi connectivity index (χ1) is 15.6. The van der Waals surface area contributed by atoms with E-state index in [0.717, 1.165) is 12.8 Å². The van der Waals surface area contributed by atoms with Gasteiger partial charge in [0.05, 0.1) is 31.2 Å². The zero-order valence-electron chi connectivity index (χ0n) is 17.5. The van der Waals surface area contributed by atoms with Gasteiger partial charge in [0, 0.05) is 32.5 Å². The van der Waals surface area contributed by atoms with E-state index in [-0.39, 0.29) is 24.9 Å². The van der Waals surface area contributed by atoms with E-state index in [1.165, 1.54) is 0 Å². The van der Waals surface area contributed by atoms with E-state index in [2.05, 4.69) is 16.0 Å². The van der Waals surface area contributed by atoms with Gasteiger partial charge in [0.2, 0.25) is 0 Å². The van der Waals surface area contributed by atoms with E-state index in [1.807, 2.05) is 0 Å². The zero-order chi connectivity index (χ0) is 22.7. The number of hydrogen-bond acceptors (Lipinski definition) is 8. The molecule has 0 unspecified atom stereocenters. The minimum Gasteiger partial charge on any atom is -0.394 e. The molecular weight excluding hydrogens is 414 g/mol. The van der Waals surface area contributed by atoms with Crippen molar-refractivity contribution in [1.29, 1.82) is 5.26 Å². The highest BCUT2D eigenvalue weighted by molar-refractivity contribution is 5.73. The number of aliphatic hydroxyl groups excluding tert-OH is 2. The smallest absolute Gasteiger partial charge is 0.330 e. The van der Waals surface area contributed by atoms with Gasteiger partial charge in [-0.25, -0.2) is 19.7 Å². The number of aromatic nitrogens is 6. The lowest BCUT2D eigenvalue weighted by molar-refractivity contribution is 0.0695. The number of ether oxygens (including phenoxy) is 1. The van der Waals surface area contributed by atoms with E-state index in [1.54, 1.807) is 51.3 Å². The molecule has 1 aliphatic heterocycles. The number of nitriles is 1. The van der Waals surface area contributed by atoms with Gasteiger partial charge in [0.25, 0.3) is 0 Å². The van der Waals surface area contributed by atoms with Crippen molar-refractivity contribution in [3.05, 3.63) is 46.8 Å². The Labute approximate surface area is 182 Å². The molecule has 0 saturated carbocycles. The molecule has 4 aromatic rings. The number of nitrogens with zero attached hydrogens (tertiary/aromatic N) is 7. The van der Waals surface area contributed by atoms with Crippen molar-refractivity contribution >= 4 is 16.8 Å². The van der Waals surface area contributed by atoms with Gasteiger partial charge in [-0.15, -0.1) is 0 Å². The van der Waals surface area contributed by atoms with Crippen LogP contribution in [-0.2, 0) is 11.8 Å². The summed E-state index contributed by atoms with van der Waals surface area (Å²) in [5.41, 5.74) is 3.09. The second-order valence-corrected chi connectivity index (χ2v) is 7.31. The van der Waals surface area contributed by atoms with Gasteiger partial charge in [0.15, 0.2) is 11.5 Å². The Bertz CT molecular complexity index is 1340. The quantitative estimate of drug-likeness (QED) is 0.475. The van der Waals surface area contributed by atoms with E-state index in [0.29, 0.717) is 47.1 Å². The van der Waals surface area contributed by atoms with Gasteiger partial charge >= 0.3 is 5.69 Å². The summed E-state index contributed by atoms with van der Waals surface area (Å²) in [5.74, 6) is 0.460. The Morgan fingerprint density at radius 3 is 2.62 bits per heavy atom. The maximum atomic E-state index is 12.8. The molecule has 0 radical (unpaired) electrons. The van der Waals surface area contributed by atoms with Crippen LogP contribution in [0.4, 0.5) is 0 Å². The SMILES string of the molecule is Cn1c(=O)n(C2CCOCC2)c2nc(-c3cnc4ccc(C#N)cn34)ncc21.OCCO. The van der Waals surface area contributed by atoms with Gasteiger partial charge < -0.3 is 14.9 Å². The number of imidazole rings is 2. The monoisotopic (exact) mass is 437 g/mol. The molecular formula is C21H23N7O4. The molecule has 0 aliphatic carbocycles. The number of rotatable bonds is 3. The van der Waals surface area contributed by atoms with Crippen molar-refractivity contribution in [3.8, 4) is 17.6 Å². The summed E-state index contributed by atoms with van der Waals surface area (Å²) in [6, 6.07) is 5.68. The average Bonchev–Trinajstić information content (AvgIpc) is 3.37. The summed E-state index contributed by atoms with van der Waals surface area (Å²) in [7, 11) is 1.73. The normalized spacial score (nSPS) is 14.3. The highest BCUT2D eigenvalue weighted by Crippen LogP contribution is 2.25. The molecule has 166 valence electrons. The molecule has 11 nitrogen and oxygen atoms in total. The predicted molar refractivity (Wildman–Crippen MR) is 115 cm³/mol. The van der Waals surface area contributed by atoms with Crippen molar-refractivity contribution in [2.45, 2.75) is 18.9 Å². The van der Waals surface area contributed by atoms with Crippen LogP contribution in [0.3, 0.4) is 0 Å². The van der Waals surface area contributed by atoms with Crippen molar-refractivity contribution in [1.82, 2.24) is 28.5 Å². The van der Waals surface area contributed by atoms with Crippen LogP contribution in [0.1, 0.15) is 24.4 Å². The fourth-order valence-corrected chi connectivity index (χ4v) is 3.74. The molecule has 0 atom stereocenters. The molecule has 5 rings (SSSR count). The van der Waals surface area contributed by atoms with Gasteiger partial charge in [-0.2, -0.15) is 5.26 Å². The van der Waals surface area contributed by atoms with Crippen molar-refractivity contribution in [2.75, 3.05) is 26.4 Å². The van der Waals surface area contributed by atoms with Crippen LogP contribution in [0.25, 0.3) is 28.3 Å². The molecule has 11 heteroatoms. The van der Waals surface area contributed by atoms with Gasteiger partial charge in [-0.1, -0.05) is 0 Å². The molecule has 0 aromatic carbocycles. The number of pyridine rings is 1. The highest BCUT2D eigenvalue weighted by atomic mass is 16.5. The maximum Gasteiger partial charge on any atom is 0.330 e. The topological polar surface area (TPSA) is 143 Å². The third-order valence-corrected chi connectivity index (χ3v) is 5.35. The first-order valence-electron chi connectivity index (χ1n) is 10.2. The van der Waals surface area contributed by atoms with Crippen LogP contribution in [-0.4, -0.2) is 65.1 Å². The lowest BCUT2D eigenvalue weighted by Crippen LogP contribution is -2.30. The molecule has 2 N–H and O–H groups in total. The molecule has 1 saturated heterocycles. The van der Waals surface area contributed by atoms with Crippen LogP contribution >= 0.6 is 0 Å². The van der Waals surface area contributed by atoms with Crippen LogP contribution in [0, 0.1) is 11.3 Å². The molecule has 0 bridgehead atoms. The van der Waals surface area contributed by atoms with E-state index in [4.69, 9.17) is 19.9 Å². The molecule has 1 fully saturated rings. The Kier molecular flexibility index (Phi) is 6.27. The summed E-state index contributed by atoms with van der Waals surface area (Å²) < 4.78 is 10.6. The van der Waals surface area contributed by atoms with Crippen molar-refractivity contribution < 1.29 is 14.9 Å². The molecule has 0 spiro atoms. The number of fused-ring (bicyclic) bond motifs is 2. The van der Waals surface area contributed by atoms with Crippen molar-refractivity contribution in [3.63, 3.8) is 0 Å². The van der Waals surface area contributed by atoms with E-state index >= 15 is 0 Å². The fourth-order valence-electron chi connectivity index (χ4n) is 3.74. The number of hydrogen-bond donors (Lipinski definition) is 2. The van der Waals surface area contributed by atoms with Crippen molar-refractivity contribution in [2.24, 2.45) is 7.05 Å².